The van der Waals surface area contributed by atoms with E-state index in [-0.39, 0.29) is 17.5 Å². The molecule has 0 aromatic heterocycles. The molecule has 0 bridgehead atoms. The number of hydrogen-bond donors (Lipinski definition) is 1. The monoisotopic (exact) mass is 279 g/mol. The molecule has 0 amide bonds. The standard InChI is InChI=1S/C17H26FNO/c1-4-5-6-7-10-19-15-12-17(2,3)20-16-9-8-13(18)11-14(15)16/h8-9,11,15,19H,4-7,10,12H2,1-3H3. The van der Waals surface area contributed by atoms with Gasteiger partial charge in [0.1, 0.15) is 17.2 Å². The summed E-state index contributed by atoms with van der Waals surface area (Å²) in [5, 5.41) is 3.57. The van der Waals surface area contributed by atoms with Crippen LogP contribution in [-0.2, 0) is 0 Å². The molecule has 1 atom stereocenters. The van der Waals surface area contributed by atoms with Crippen LogP contribution in [0.4, 0.5) is 4.39 Å². The highest BCUT2D eigenvalue weighted by Crippen LogP contribution is 2.39. The number of fused-ring (bicyclic) bond motifs is 1. The first-order valence-corrected chi connectivity index (χ1v) is 7.74. The highest BCUT2D eigenvalue weighted by atomic mass is 19.1. The van der Waals surface area contributed by atoms with Crippen molar-refractivity contribution in [1.82, 2.24) is 5.32 Å². The number of halogens is 1. The van der Waals surface area contributed by atoms with E-state index in [1.165, 1.54) is 31.7 Å². The molecule has 1 aliphatic heterocycles. The summed E-state index contributed by atoms with van der Waals surface area (Å²) in [6.45, 7) is 7.38. The summed E-state index contributed by atoms with van der Waals surface area (Å²) in [5.74, 6) is 0.624. The molecule has 112 valence electrons. The van der Waals surface area contributed by atoms with Crippen LogP contribution in [0.25, 0.3) is 0 Å². The zero-order valence-corrected chi connectivity index (χ0v) is 12.8. The third-order valence-corrected chi connectivity index (χ3v) is 3.85. The summed E-state index contributed by atoms with van der Waals surface area (Å²) in [6.07, 6.45) is 5.84. The lowest BCUT2D eigenvalue weighted by atomic mass is 9.89. The van der Waals surface area contributed by atoms with Crippen molar-refractivity contribution in [2.24, 2.45) is 0 Å². The van der Waals surface area contributed by atoms with Crippen LogP contribution in [-0.4, -0.2) is 12.1 Å². The average molecular weight is 279 g/mol. The third kappa shape index (κ3) is 3.95. The lowest BCUT2D eigenvalue weighted by Crippen LogP contribution is -2.39. The molecule has 1 N–H and O–H groups in total. The van der Waals surface area contributed by atoms with E-state index in [1.807, 2.05) is 0 Å². The second-order valence-electron chi connectivity index (χ2n) is 6.32. The molecule has 0 saturated heterocycles. The van der Waals surface area contributed by atoms with Gasteiger partial charge in [0, 0.05) is 18.0 Å². The topological polar surface area (TPSA) is 21.3 Å². The molecule has 1 heterocycles. The zero-order valence-electron chi connectivity index (χ0n) is 12.8. The molecule has 2 rings (SSSR count). The minimum Gasteiger partial charge on any atom is -0.487 e. The van der Waals surface area contributed by atoms with Crippen molar-refractivity contribution in [1.29, 1.82) is 0 Å². The smallest absolute Gasteiger partial charge is 0.125 e. The van der Waals surface area contributed by atoms with Gasteiger partial charge in [-0.2, -0.15) is 0 Å². The molecule has 0 aliphatic carbocycles. The van der Waals surface area contributed by atoms with Crippen LogP contribution in [0.3, 0.4) is 0 Å². The van der Waals surface area contributed by atoms with Gasteiger partial charge in [-0.05, 0) is 45.0 Å². The Hall–Kier alpha value is -1.09. The van der Waals surface area contributed by atoms with E-state index in [4.69, 9.17) is 4.74 Å². The number of benzene rings is 1. The van der Waals surface area contributed by atoms with Crippen molar-refractivity contribution < 1.29 is 9.13 Å². The number of rotatable bonds is 6. The molecule has 20 heavy (non-hydrogen) atoms. The second-order valence-corrected chi connectivity index (χ2v) is 6.32. The van der Waals surface area contributed by atoms with Crippen LogP contribution >= 0.6 is 0 Å². The summed E-state index contributed by atoms with van der Waals surface area (Å²) in [4.78, 5) is 0. The van der Waals surface area contributed by atoms with Gasteiger partial charge in [0.2, 0.25) is 0 Å². The molecular weight excluding hydrogens is 253 g/mol. The van der Waals surface area contributed by atoms with Crippen molar-refractivity contribution in [3.8, 4) is 5.75 Å². The van der Waals surface area contributed by atoms with Gasteiger partial charge >= 0.3 is 0 Å². The number of nitrogens with one attached hydrogen (secondary N) is 1. The fraction of sp³-hybridized carbons (Fsp3) is 0.647. The second kappa shape index (κ2) is 6.57. The number of ether oxygens (including phenoxy) is 1. The normalized spacial score (nSPS) is 20.3. The van der Waals surface area contributed by atoms with E-state index in [2.05, 4.69) is 26.1 Å². The van der Waals surface area contributed by atoms with Crippen molar-refractivity contribution in [3.05, 3.63) is 29.6 Å². The number of unbranched alkanes of at least 4 members (excludes halogenated alkanes) is 3. The maximum Gasteiger partial charge on any atom is 0.125 e. The van der Waals surface area contributed by atoms with Gasteiger partial charge in [0.15, 0.2) is 0 Å². The number of hydrogen-bond acceptors (Lipinski definition) is 2. The molecule has 0 spiro atoms. The average Bonchev–Trinajstić information content (AvgIpc) is 2.38. The molecule has 3 heteroatoms. The molecule has 1 aliphatic rings. The highest BCUT2D eigenvalue weighted by molar-refractivity contribution is 5.39. The summed E-state index contributed by atoms with van der Waals surface area (Å²) in [5.41, 5.74) is 0.756. The van der Waals surface area contributed by atoms with Crippen molar-refractivity contribution in [2.45, 2.75) is 64.5 Å². The Balaban J connectivity index is 2.02. The largest absolute Gasteiger partial charge is 0.487 e. The quantitative estimate of drug-likeness (QED) is 0.768. The van der Waals surface area contributed by atoms with Crippen LogP contribution in [0.5, 0.6) is 5.75 Å². The minimum atomic E-state index is -0.202. The SMILES string of the molecule is CCCCCCNC1CC(C)(C)Oc2ccc(F)cc21. The predicted octanol–water partition coefficient (Wildman–Crippen LogP) is 4.60. The zero-order chi connectivity index (χ0) is 14.6. The van der Waals surface area contributed by atoms with E-state index >= 15 is 0 Å². The van der Waals surface area contributed by atoms with E-state index in [1.54, 1.807) is 12.1 Å². The lowest BCUT2D eigenvalue weighted by molar-refractivity contribution is 0.0658. The molecule has 0 saturated carbocycles. The van der Waals surface area contributed by atoms with E-state index in [0.717, 1.165) is 24.3 Å². The fourth-order valence-electron chi connectivity index (χ4n) is 2.84. The van der Waals surface area contributed by atoms with E-state index < -0.39 is 0 Å². The van der Waals surface area contributed by atoms with Gasteiger partial charge in [0.25, 0.3) is 0 Å². The Labute approximate surface area is 121 Å². The summed E-state index contributed by atoms with van der Waals surface area (Å²) < 4.78 is 19.4. The predicted molar refractivity (Wildman–Crippen MR) is 80.6 cm³/mol. The van der Waals surface area contributed by atoms with Crippen LogP contribution in [0.15, 0.2) is 18.2 Å². The van der Waals surface area contributed by atoms with Gasteiger partial charge in [-0.1, -0.05) is 26.2 Å². The van der Waals surface area contributed by atoms with Gasteiger partial charge in [-0.25, -0.2) is 4.39 Å². The summed E-state index contributed by atoms with van der Waals surface area (Å²) in [7, 11) is 0. The Kier molecular flexibility index (Phi) is 5.03. The van der Waals surface area contributed by atoms with Crippen LogP contribution in [0.2, 0.25) is 0 Å². The fourth-order valence-corrected chi connectivity index (χ4v) is 2.84. The Morgan fingerprint density at radius 3 is 2.85 bits per heavy atom. The third-order valence-electron chi connectivity index (χ3n) is 3.85. The molecule has 2 nitrogen and oxygen atoms in total. The van der Waals surface area contributed by atoms with Crippen molar-refractivity contribution in [2.75, 3.05) is 6.54 Å². The van der Waals surface area contributed by atoms with Gasteiger partial charge in [-0.15, -0.1) is 0 Å². The minimum absolute atomic E-state index is 0.186. The Morgan fingerprint density at radius 1 is 1.30 bits per heavy atom. The van der Waals surface area contributed by atoms with Gasteiger partial charge < -0.3 is 10.1 Å². The van der Waals surface area contributed by atoms with Crippen molar-refractivity contribution >= 4 is 0 Å². The first kappa shape index (κ1) is 15.3. The highest BCUT2D eigenvalue weighted by Gasteiger charge is 2.33. The van der Waals surface area contributed by atoms with Crippen LogP contribution in [0.1, 0.15) is 64.5 Å². The van der Waals surface area contributed by atoms with Crippen LogP contribution in [0, 0.1) is 5.82 Å². The maximum atomic E-state index is 13.5. The van der Waals surface area contributed by atoms with E-state index in [0.29, 0.717) is 0 Å². The molecule has 0 fully saturated rings. The molecule has 1 aromatic carbocycles. The molecule has 1 unspecified atom stereocenters. The Morgan fingerprint density at radius 2 is 2.10 bits per heavy atom. The first-order valence-electron chi connectivity index (χ1n) is 7.74. The van der Waals surface area contributed by atoms with Crippen LogP contribution < -0.4 is 10.1 Å². The molecule has 1 aromatic rings. The maximum absolute atomic E-state index is 13.5. The first-order chi connectivity index (χ1) is 9.52. The molecular formula is C17H26FNO. The summed E-state index contributed by atoms with van der Waals surface area (Å²) >= 11 is 0. The Bertz CT molecular complexity index is 445. The molecule has 0 radical (unpaired) electrons. The summed E-state index contributed by atoms with van der Waals surface area (Å²) in [6, 6.07) is 5.01. The van der Waals surface area contributed by atoms with Crippen molar-refractivity contribution in [3.63, 3.8) is 0 Å². The van der Waals surface area contributed by atoms with Gasteiger partial charge in [0.05, 0.1) is 0 Å². The van der Waals surface area contributed by atoms with Gasteiger partial charge in [-0.3, -0.25) is 0 Å². The van der Waals surface area contributed by atoms with E-state index in [9.17, 15) is 4.39 Å². The lowest BCUT2D eigenvalue weighted by Gasteiger charge is -2.38.